The first-order chi connectivity index (χ1) is 4.95. The molecule has 0 fully saturated rings. The molecule has 2 heteroatoms. The summed E-state index contributed by atoms with van der Waals surface area (Å²) in [7, 11) is 1.79. The highest BCUT2D eigenvalue weighted by molar-refractivity contribution is 5.78. The highest BCUT2D eigenvalue weighted by Crippen LogP contribution is 2.01. The Balaban J connectivity index is 4.15. The third-order valence-corrected chi connectivity index (χ3v) is 1.29. The van der Waals surface area contributed by atoms with Crippen molar-refractivity contribution >= 4 is 5.91 Å². The molecular weight excluding hydrogens is 138 g/mol. The lowest BCUT2D eigenvalue weighted by molar-refractivity contribution is -0.130. The Hall–Kier alpha value is -0.790. The van der Waals surface area contributed by atoms with Crippen molar-refractivity contribution in [2.75, 3.05) is 7.05 Å². The maximum absolute atomic E-state index is 11.3. The molecule has 0 aromatic carbocycles. The standard InChI is InChI=1S/C9H17NO/c1-7(2)6-10(5)9(11)8(3)4/h6,8H,1-5H3. The first kappa shape index (κ1) is 10.2. The first-order valence-electron chi connectivity index (χ1n) is 3.87. The molecule has 0 aliphatic rings. The zero-order valence-electron chi connectivity index (χ0n) is 8.01. The smallest absolute Gasteiger partial charge is 0.228 e. The van der Waals surface area contributed by atoms with E-state index in [0.29, 0.717) is 0 Å². The molecular formula is C9H17NO. The second-order valence-corrected chi connectivity index (χ2v) is 3.31. The van der Waals surface area contributed by atoms with Gasteiger partial charge in [-0.15, -0.1) is 0 Å². The summed E-state index contributed by atoms with van der Waals surface area (Å²) in [5.41, 5.74) is 1.14. The summed E-state index contributed by atoms with van der Waals surface area (Å²) in [5, 5.41) is 0. The second-order valence-electron chi connectivity index (χ2n) is 3.31. The van der Waals surface area contributed by atoms with Gasteiger partial charge in [-0.2, -0.15) is 0 Å². The van der Waals surface area contributed by atoms with Crippen molar-refractivity contribution < 1.29 is 4.79 Å². The van der Waals surface area contributed by atoms with Crippen LogP contribution >= 0.6 is 0 Å². The van der Waals surface area contributed by atoms with Crippen LogP contribution < -0.4 is 0 Å². The Morgan fingerprint density at radius 1 is 1.36 bits per heavy atom. The number of allylic oxidation sites excluding steroid dienone is 1. The van der Waals surface area contributed by atoms with Crippen molar-refractivity contribution in [3.8, 4) is 0 Å². The summed E-state index contributed by atoms with van der Waals surface area (Å²) >= 11 is 0. The Bertz CT molecular complexity index is 166. The number of carbonyl (C=O) groups excluding carboxylic acids is 1. The van der Waals surface area contributed by atoms with E-state index in [9.17, 15) is 4.79 Å². The number of amides is 1. The normalized spacial score (nSPS) is 9.64. The molecule has 0 saturated heterocycles. The van der Waals surface area contributed by atoms with Crippen molar-refractivity contribution in [3.63, 3.8) is 0 Å². The van der Waals surface area contributed by atoms with Gasteiger partial charge in [-0.05, 0) is 13.8 Å². The maximum Gasteiger partial charge on any atom is 0.228 e. The minimum Gasteiger partial charge on any atom is -0.322 e. The van der Waals surface area contributed by atoms with Crippen LogP contribution in [0.5, 0.6) is 0 Å². The van der Waals surface area contributed by atoms with Gasteiger partial charge in [0.2, 0.25) is 5.91 Å². The molecule has 0 saturated carbocycles. The van der Waals surface area contributed by atoms with Crippen molar-refractivity contribution in [2.45, 2.75) is 27.7 Å². The zero-order chi connectivity index (χ0) is 9.02. The van der Waals surface area contributed by atoms with Gasteiger partial charge in [0.15, 0.2) is 0 Å². The number of carbonyl (C=O) groups is 1. The van der Waals surface area contributed by atoms with E-state index in [-0.39, 0.29) is 11.8 Å². The van der Waals surface area contributed by atoms with E-state index >= 15 is 0 Å². The number of nitrogens with zero attached hydrogens (tertiary/aromatic N) is 1. The molecule has 0 spiro atoms. The van der Waals surface area contributed by atoms with E-state index < -0.39 is 0 Å². The van der Waals surface area contributed by atoms with Gasteiger partial charge >= 0.3 is 0 Å². The molecule has 0 aromatic heterocycles. The molecule has 0 aliphatic carbocycles. The second kappa shape index (κ2) is 4.16. The van der Waals surface area contributed by atoms with Gasteiger partial charge in [0.05, 0.1) is 0 Å². The lowest BCUT2D eigenvalue weighted by Gasteiger charge is -2.14. The Kier molecular flexibility index (Phi) is 3.86. The van der Waals surface area contributed by atoms with Crippen LogP contribution in [0.1, 0.15) is 27.7 Å². The molecule has 0 unspecified atom stereocenters. The van der Waals surface area contributed by atoms with Gasteiger partial charge < -0.3 is 4.90 Å². The van der Waals surface area contributed by atoms with Crippen LogP contribution in [0.4, 0.5) is 0 Å². The summed E-state index contributed by atoms with van der Waals surface area (Å²) in [4.78, 5) is 12.9. The van der Waals surface area contributed by atoms with Crippen LogP contribution in [-0.4, -0.2) is 17.9 Å². The van der Waals surface area contributed by atoms with Gasteiger partial charge in [0.25, 0.3) is 0 Å². The molecule has 0 rings (SSSR count). The molecule has 0 heterocycles. The molecule has 1 amide bonds. The van der Waals surface area contributed by atoms with E-state index in [0.717, 1.165) is 5.57 Å². The maximum atomic E-state index is 11.3. The van der Waals surface area contributed by atoms with Crippen LogP contribution in [0.3, 0.4) is 0 Å². The quantitative estimate of drug-likeness (QED) is 0.597. The number of rotatable bonds is 2. The summed E-state index contributed by atoms with van der Waals surface area (Å²) in [5.74, 6) is 0.238. The lowest BCUT2D eigenvalue weighted by atomic mass is 10.2. The van der Waals surface area contributed by atoms with Crippen molar-refractivity contribution in [1.29, 1.82) is 0 Å². The van der Waals surface area contributed by atoms with Gasteiger partial charge in [-0.3, -0.25) is 4.79 Å². The topological polar surface area (TPSA) is 20.3 Å². The zero-order valence-corrected chi connectivity index (χ0v) is 8.01. The summed E-state index contributed by atoms with van der Waals surface area (Å²) < 4.78 is 0. The molecule has 0 aromatic rings. The minimum absolute atomic E-state index is 0.0793. The highest BCUT2D eigenvalue weighted by Gasteiger charge is 2.09. The Morgan fingerprint density at radius 3 is 2.09 bits per heavy atom. The SMILES string of the molecule is CC(C)=CN(C)C(=O)C(C)C. The third-order valence-electron chi connectivity index (χ3n) is 1.29. The van der Waals surface area contributed by atoms with Crippen LogP contribution in [0.15, 0.2) is 11.8 Å². The van der Waals surface area contributed by atoms with E-state index in [1.165, 1.54) is 0 Å². The van der Waals surface area contributed by atoms with E-state index in [1.54, 1.807) is 11.9 Å². The van der Waals surface area contributed by atoms with Crippen molar-refractivity contribution in [3.05, 3.63) is 11.8 Å². The summed E-state index contributed by atoms with van der Waals surface area (Å²) in [6, 6.07) is 0. The molecule has 2 nitrogen and oxygen atoms in total. The molecule has 0 bridgehead atoms. The van der Waals surface area contributed by atoms with E-state index in [2.05, 4.69) is 0 Å². The van der Waals surface area contributed by atoms with Crippen LogP contribution in [0, 0.1) is 5.92 Å². The van der Waals surface area contributed by atoms with Gasteiger partial charge in [0.1, 0.15) is 0 Å². The molecule has 0 radical (unpaired) electrons. The molecule has 0 atom stereocenters. The largest absolute Gasteiger partial charge is 0.322 e. The first-order valence-corrected chi connectivity index (χ1v) is 3.87. The van der Waals surface area contributed by atoms with Gasteiger partial charge in [-0.25, -0.2) is 0 Å². The van der Waals surface area contributed by atoms with Crippen LogP contribution in [0.2, 0.25) is 0 Å². The Labute approximate surface area is 68.9 Å². The summed E-state index contributed by atoms with van der Waals surface area (Å²) in [6.07, 6.45) is 1.85. The number of hydrogen-bond donors (Lipinski definition) is 0. The minimum atomic E-state index is 0.0793. The Morgan fingerprint density at radius 2 is 1.82 bits per heavy atom. The lowest BCUT2D eigenvalue weighted by Crippen LogP contribution is -2.25. The molecule has 0 N–H and O–H groups in total. The third kappa shape index (κ3) is 3.81. The highest BCUT2D eigenvalue weighted by atomic mass is 16.2. The molecule has 11 heavy (non-hydrogen) atoms. The fourth-order valence-corrected chi connectivity index (χ4v) is 0.858. The van der Waals surface area contributed by atoms with Crippen LogP contribution in [-0.2, 0) is 4.79 Å². The van der Waals surface area contributed by atoms with Gasteiger partial charge in [-0.1, -0.05) is 19.4 Å². The van der Waals surface area contributed by atoms with Crippen molar-refractivity contribution in [1.82, 2.24) is 4.90 Å². The summed E-state index contributed by atoms with van der Waals surface area (Å²) in [6.45, 7) is 7.75. The average Bonchev–Trinajstić information content (AvgIpc) is 1.84. The van der Waals surface area contributed by atoms with Crippen molar-refractivity contribution in [2.24, 2.45) is 5.92 Å². The number of hydrogen-bond acceptors (Lipinski definition) is 1. The average molecular weight is 155 g/mol. The fourth-order valence-electron chi connectivity index (χ4n) is 0.858. The predicted molar refractivity (Wildman–Crippen MR) is 47.0 cm³/mol. The van der Waals surface area contributed by atoms with Gasteiger partial charge in [0, 0.05) is 19.2 Å². The van der Waals surface area contributed by atoms with Crippen LogP contribution in [0.25, 0.3) is 0 Å². The monoisotopic (exact) mass is 155 g/mol. The fraction of sp³-hybridized carbons (Fsp3) is 0.667. The molecule has 64 valence electrons. The molecule has 0 aliphatic heterocycles. The van der Waals surface area contributed by atoms with E-state index in [4.69, 9.17) is 0 Å². The predicted octanol–water partition coefficient (Wildman–Crippen LogP) is 2.02. The van der Waals surface area contributed by atoms with E-state index in [1.807, 2.05) is 33.9 Å².